The molecule has 0 radical (unpaired) electrons. The van der Waals surface area contributed by atoms with E-state index in [0.717, 1.165) is 28.7 Å². The van der Waals surface area contributed by atoms with Crippen LogP contribution in [0, 0.1) is 0 Å². The van der Waals surface area contributed by atoms with Crippen LogP contribution in [0.15, 0.2) is 109 Å². The molecule has 0 fully saturated rings. The maximum atomic E-state index is 13.6. The number of carbonyl (C=O) groups excluding carboxylic acids is 1. The molecule has 0 bridgehead atoms. The van der Waals surface area contributed by atoms with Gasteiger partial charge < -0.3 is 10.1 Å². The molecule has 202 valence electrons. The van der Waals surface area contributed by atoms with E-state index in [0.29, 0.717) is 40.2 Å². The van der Waals surface area contributed by atoms with Crippen LogP contribution in [-0.4, -0.2) is 28.3 Å². The summed E-state index contributed by atoms with van der Waals surface area (Å²) in [5.74, 6) is -0.228. The molecule has 0 aliphatic heterocycles. The number of nitrogens with one attached hydrogen (secondary N) is 1. The number of hydrogen-bond acceptors (Lipinski definition) is 3. The Kier molecular flexibility index (Phi) is 8.97. The van der Waals surface area contributed by atoms with E-state index >= 15 is 0 Å². The first kappa shape index (κ1) is 27.7. The second-order valence-electron chi connectivity index (χ2n) is 9.44. The van der Waals surface area contributed by atoms with Crippen LogP contribution in [0.1, 0.15) is 29.3 Å². The number of aromatic nitrogens is 2. The lowest BCUT2D eigenvalue weighted by molar-refractivity contribution is 0.0792. The molecule has 0 saturated carbocycles. The van der Waals surface area contributed by atoms with Crippen molar-refractivity contribution in [2.75, 3.05) is 6.61 Å². The molecule has 5 aromatic rings. The van der Waals surface area contributed by atoms with Crippen LogP contribution in [0.5, 0.6) is 0 Å². The number of rotatable bonds is 10. The molecule has 1 N–H and O–H groups in total. The molecule has 40 heavy (non-hydrogen) atoms. The van der Waals surface area contributed by atoms with Crippen LogP contribution in [0.25, 0.3) is 28.1 Å². The zero-order valence-electron chi connectivity index (χ0n) is 22.1. The highest BCUT2D eigenvalue weighted by atomic mass is 35.5. The van der Waals surface area contributed by atoms with Crippen LogP contribution in [-0.2, 0) is 11.3 Å². The smallest absolute Gasteiger partial charge is 0.255 e. The lowest BCUT2D eigenvalue weighted by atomic mass is 10.0. The number of hydrogen-bond donors (Lipinski definition) is 1. The summed E-state index contributed by atoms with van der Waals surface area (Å²) in [5.41, 5.74) is 5.83. The molecule has 5 rings (SSSR count). The van der Waals surface area contributed by atoms with E-state index in [1.54, 1.807) is 29.1 Å². The minimum absolute atomic E-state index is 0.160. The van der Waals surface area contributed by atoms with E-state index in [2.05, 4.69) is 22.5 Å². The van der Waals surface area contributed by atoms with Gasteiger partial charge in [-0.05, 0) is 41.3 Å². The van der Waals surface area contributed by atoms with Gasteiger partial charge in [0.05, 0.1) is 47.4 Å². The van der Waals surface area contributed by atoms with Crippen molar-refractivity contribution < 1.29 is 9.53 Å². The fourth-order valence-corrected chi connectivity index (χ4v) is 4.99. The molecule has 1 heterocycles. The second-order valence-corrected chi connectivity index (χ2v) is 10.3. The monoisotopic (exact) mass is 569 g/mol. The third-order valence-electron chi connectivity index (χ3n) is 6.68. The minimum Gasteiger partial charge on any atom is -0.375 e. The van der Waals surface area contributed by atoms with Gasteiger partial charge in [-0.2, -0.15) is 5.10 Å². The van der Waals surface area contributed by atoms with Gasteiger partial charge in [-0.25, -0.2) is 4.68 Å². The maximum Gasteiger partial charge on any atom is 0.255 e. The van der Waals surface area contributed by atoms with Gasteiger partial charge in [0, 0.05) is 10.6 Å². The average molecular weight is 571 g/mol. The topological polar surface area (TPSA) is 56.1 Å². The molecule has 1 aromatic heterocycles. The lowest BCUT2D eigenvalue weighted by Gasteiger charge is -2.18. The predicted molar refractivity (Wildman–Crippen MR) is 162 cm³/mol. The third kappa shape index (κ3) is 6.45. The van der Waals surface area contributed by atoms with Gasteiger partial charge in [-0.3, -0.25) is 4.79 Å². The highest BCUT2D eigenvalue weighted by Crippen LogP contribution is 2.32. The zero-order chi connectivity index (χ0) is 27.9. The Bertz CT molecular complexity index is 1570. The predicted octanol–water partition coefficient (Wildman–Crippen LogP) is 8.24. The molecule has 5 nitrogen and oxygen atoms in total. The average Bonchev–Trinajstić information content (AvgIpc) is 3.43. The summed E-state index contributed by atoms with van der Waals surface area (Å²) in [6, 6.07) is 33.3. The maximum absolute atomic E-state index is 13.6. The van der Waals surface area contributed by atoms with E-state index < -0.39 is 0 Å². The fourth-order valence-electron chi connectivity index (χ4n) is 4.50. The van der Waals surface area contributed by atoms with Gasteiger partial charge in [0.15, 0.2) is 0 Å². The molecule has 7 heteroatoms. The van der Waals surface area contributed by atoms with E-state index in [-0.39, 0.29) is 11.9 Å². The molecular formula is C33H29Cl2N3O2. The van der Waals surface area contributed by atoms with Gasteiger partial charge in [-0.15, -0.1) is 0 Å². The highest BCUT2D eigenvalue weighted by molar-refractivity contribution is 6.35. The summed E-state index contributed by atoms with van der Waals surface area (Å²) < 4.78 is 7.61. The fraction of sp³-hybridized carbons (Fsp3) is 0.152. The molecule has 0 aliphatic rings. The summed E-state index contributed by atoms with van der Waals surface area (Å²) in [6.45, 7) is 2.91. The van der Waals surface area contributed by atoms with Crippen LogP contribution in [0.4, 0.5) is 0 Å². The number of benzene rings is 4. The number of amides is 1. The van der Waals surface area contributed by atoms with Gasteiger partial charge >= 0.3 is 0 Å². The molecule has 1 atom stereocenters. The first-order valence-corrected chi connectivity index (χ1v) is 13.9. The van der Waals surface area contributed by atoms with Crippen molar-refractivity contribution in [1.29, 1.82) is 0 Å². The Labute approximate surface area is 244 Å². The first-order chi connectivity index (χ1) is 19.5. The van der Waals surface area contributed by atoms with Crippen LogP contribution < -0.4 is 5.32 Å². The van der Waals surface area contributed by atoms with Crippen molar-refractivity contribution in [2.24, 2.45) is 0 Å². The Hall–Kier alpha value is -3.90. The van der Waals surface area contributed by atoms with Crippen molar-refractivity contribution >= 4 is 29.1 Å². The normalized spacial score (nSPS) is 11.8. The summed E-state index contributed by atoms with van der Waals surface area (Å²) in [7, 11) is 0. The SMILES string of the molecule is CC[C@H](COCc1ccccc1)NC(=O)c1cnn(-c2ccc(Cl)cc2Cl)c1-c1ccc(-c2ccccc2)cc1. The Morgan fingerprint density at radius 2 is 1.52 bits per heavy atom. The molecule has 0 spiro atoms. The minimum atomic E-state index is -0.228. The quantitative estimate of drug-likeness (QED) is 0.184. The van der Waals surface area contributed by atoms with E-state index in [9.17, 15) is 4.79 Å². The summed E-state index contributed by atoms with van der Waals surface area (Å²) in [6.07, 6.45) is 2.30. The standard InChI is InChI=1S/C33H29Cl2N3O2/c1-2-28(22-40-21-23-9-5-3-6-10-23)37-33(39)29-20-36-38(31-18-17-27(34)19-30(31)35)32(29)26-15-13-25(14-16-26)24-11-7-4-8-12-24/h3-20,28H,2,21-22H2,1H3,(H,37,39)/t28-/m1/s1. The molecular weight excluding hydrogens is 541 g/mol. The molecule has 0 unspecified atom stereocenters. The number of nitrogens with zero attached hydrogens (tertiary/aromatic N) is 2. The Morgan fingerprint density at radius 3 is 2.20 bits per heavy atom. The van der Waals surface area contributed by atoms with Crippen LogP contribution in [0.3, 0.4) is 0 Å². The van der Waals surface area contributed by atoms with Crippen molar-refractivity contribution in [3.05, 3.63) is 130 Å². The number of halogens is 2. The molecule has 0 aliphatic carbocycles. The van der Waals surface area contributed by atoms with Crippen molar-refractivity contribution in [3.8, 4) is 28.1 Å². The van der Waals surface area contributed by atoms with Gasteiger partial charge in [0.1, 0.15) is 0 Å². The summed E-state index contributed by atoms with van der Waals surface area (Å²) >= 11 is 12.7. The summed E-state index contributed by atoms with van der Waals surface area (Å²) in [5, 5.41) is 8.68. The largest absolute Gasteiger partial charge is 0.375 e. The molecule has 1 amide bonds. The molecule has 4 aromatic carbocycles. The van der Waals surface area contributed by atoms with Gasteiger partial charge in [-0.1, -0.05) is 115 Å². The number of ether oxygens (including phenoxy) is 1. The second kappa shape index (κ2) is 13.0. The van der Waals surface area contributed by atoms with Crippen LogP contribution >= 0.6 is 23.2 Å². The van der Waals surface area contributed by atoms with Crippen molar-refractivity contribution in [1.82, 2.24) is 15.1 Å². The summed E-state index contributed by atoms with van der Waals surface area (Å²) in [4.78, 5) is 13.6. The van der Waals surface area contributed by atoms with Gasteiger partial charge in [0.25, 0.3) is 5.91 Å². The van der Waals surface area contributed by atoms with E-state index in [1.807, 2.05) is 79.7 Å². The van der Waals surface area contributed by atoms with Crippen LogP contribution in [0.2, 0.25) is 10.0 Å². The zero-order valence-corrected chi connectivity index (χ0v) is 23.6. The van der Waals surface area contributed by atoms with Crippen molar-refractivity contribution in [2.45, 2.75) is 26.0 Å². The Balaban J connectivity index is 1.44. The Morgan fingerprint density at radius 1 is 0.875 bits per heavy atom. The van der Waals surface area contributed by atoms with E-state index in [4.69, 9.17) is 27.9 Å². The van der Waals surface area contributed by atoms with Crippen molar-refractivity contribution in [3.63, 3.8) is 0 Å². The lowest BCUT2D eigenvalue weighted by Crippen LogP contribution is -2.37. The first-order valence-electron chi connectivity index (χ1n) is 13.2. The number of carbonyl (C=O) groups is 1. The van der Waals surface area contributed by atoms with E-state index in [1.165, 1.54) is 0 Å². The molecule has 0 saturated heterocycles. The van der Waals surface area contributed by atoms with Gasteiger partial charge in [0.2, 0.25) is 0 Å². The highest BCUT2D eigenvalue weighted by Gasteiger charge is 2.23. The third-order valence-corrected chi connectivity index (χ3v) is 7.21.